The largest absolute Gasteiger partial charge is 0.381 e. The molecule has 2 rings (SSSR count). The van der Waals surface area contributed by atoms with Gasteiger partial charge in [-0.05, 0) is 37.1 Å². The van der Waals surface area contributed by atoms with Crippen LogP contribution in [0.15, 0.2) is 28.7 Å². The molecule has 1 fully saturated rings. The fourth-order valence-corrected chi connectivity index (χ4v) is 2.22. The van der Waals surface area contributed by atoms with Gasteiger partial charge in [0.1, 0.15) is 0 Å². The monoisotopic (exact) mass is 269 g/mol. The SMILES string of the molecule is CN(c1ccc(Br)cc1)C1CCOCC1. The van der Waals surface area contributed by atoms with E-state index in [1.165, 1.54) is 5.69 Å². The summed E-state index contributed by atoms with van der Waals surface area (Å²) in [7, 11) is 2.17. The van der Waals surface area contributed by atoms with E-state index in [4.69, 9.17) is 4.74 Å². The van der Waals surface area contributed by atoms with Gasteiger partial charge in [-0.1, -0.05) is 15.9 Å². The molecule has 82 valence electrons. The smallest absolute Gasteiger partial charge is 0.0485 e. The molecule has 0 saturated carbocycles. The van der Waals surface area contributed by atoms with E-state index in [0.29, 0.717) is 6.04 Å². The third-order valence-corrected chi connectivity index (χ3v) is 3.50. The molecule has 0 amide bonds. The van der Waals surface area contributed by atoms with Gasteiger partial charge in [0.05, 0.1) is 0 Å². The van der Waals surface area contributed by atoms with Crippen LogP contribution in [-0.2, 0) is 4.74 Å². The number of benzene rings is 1. The first kappa shape index (κ1) is 11.0. The van der Waals surface area contributed by atoms with E-state index in [9.17, 15) is 0 Å². The zero-order valence-electron chi connectivity index (χ0n) is 8.95. The van der Waals surface area contributed by atoms with E-state index in [1.807, 2.05) is 0 Å². The molecule has 3 heteroatoms. The Bertz CT molecular complexity index is 306. The number of ether oxygens (including phenoxy) is 1. The Morgan fingerprint density at radius 1 is 1.20 bits per heavy atom. The van der Waals surface area contributed by atoms with E-state index in [0.717, 1.165) is 30.5 Å². The molecule has 15 heavy (non-hydrogen) atoms. The van der Waals surface area contributed by atoms with Crippen molar-refractivity contribution in [2.24, 2.45) is 0 Å². The number of halogens is 1. The van der Waals surface area contributed by atoms with Gasteiger partial charge in [-0.3, -0.25) is 0 Å². The third-order valence-electron chi connectivity index (χ3n) is 2.97. The number of nitrogens with zero attached hydrogens (tertiary/aromatic N) is 1. The molecule has 0 unspecified atom stereocenters. The number of anilines is 1. The molecule has 0 atom stereocenters. The van der Waals surface area contributed by atoms with Crippen LogP contribution in [-0.4, -0.2) is 26.3 Å². The lowest BCUT2D eigenvalue weighted by Crippen LogP contribution is -2.36. The number of hydrogen-bond donors (Lipinski definition) is 0. The summed E-state index contributed by atoms with van der Waals surface area (Å²) in [4.78, 5) is 2.36. The molecule has 0 aliphatic carbocycles. The number of rotatable bonds is 2. The molecule has 1 aliphatic heterocycles. The summed E-state index contributed by atoms with van der Waals surface area (Å²) < 4.78 is 6.50. The summed E-state index contributed by atoms with van der Waals surface area (Å²) in [6.07, 6.45) is 2.26. The fourth-order valence-electron chi connectivity index (χ4n) is 1.96. The Morgan fingerprint density at radius 2 is 1.80 bits per heavy atom. The van der Waals surface area contributed by atoms with Gasteiger partial charge in [0.25, 0.3) is 0 Å². The molecule has 1 saturated heterocycles. The van der Waals surface area contributed by atoms with Gasteiger partial charge in [0.2, 0.25) is 0 Å². The normalized spacial score (nSPS) is 17.7. The van der Waals surface area contributed by atoms with Crippen LogP contribution in [0.1, 0.15) is 12.8 Å². The van der Waals surface area contributed by atoms with Crippen LogP contribution in [0.4, 0.5) is 5.69 Å². The van der Waals surface area contributed by atoms with E-state index in [-0.39, 0.29) is 0 Å². The molecule has 0 spiro atoms. The maximum absolute atomic E-state index is 5.37. The Labute approximate surface area is 99.4 Å². The zero-order valence-corrected chi connectivity index (χ0v) is 10.5. The van der Waals surface area contributed by atoms with E-state index in [2.05, 4.69) is 52.1 Å². The predicted molar refractivity (Wildman–Crippen MR) is 66.4 cm³/mol. The summed E-state index contributed by atoms with van der Waals surface area (Å²) in [5.41, 5.74) is 1.28. The standard InChI is InChI=1S/C12H16BrNO/c1-14(12-6-8-15-9-7-12)11-4-2-10(13)3-5-11/h2-5,12H,6-9H2,1H3. The van der Waals surface area contributed by atoms with Crippen LogP contribution in [0.3, 0.4) is 0 Å². The maximum atomic E-state index is 5.37. The van der Waals surface area contributed by atoms with E-state index >= 15 is 0 Å². The molecule has 1 aromatic carbocycles. The summed E-state index contributed by atoms with van der Waals surface area (Å²) in [6.45, 7) is 1.79. The van der Waals surface area contributed by atoms with Gasteiger partial charge in [0.15, 0.2) is 0 Å². The maximum Gasteiger partial charge on any atom is 0.0485 e. The quantitative estimate of drug-likeness (QED) is 0.819. The molecule has 0 radical (unpaired) electrons. The number of hydrogen-bond acceptors (Lipinski definition) is 2. The average Bonchev–Trinajstić information content (AvgIpc) is 2.30. The second kappa shape index (κ2) is 4.99. The first-order valence-corrected chi connectivity index (χ1v) is 6.13. The van der Waals surface area contributed by atoms with Gasteiger partial charge >= 0.3 is 0 Å². The van der Waals surface area contributed by atoms with Crippen molar-refractivity contribution >= 4 is 21.6 Å². The van der Waals surface area contributed by atoms with Gasteiger partial charge in [-0.15, -0.1) is 0 Å². The molecule has 0 aromatic heterocycles. The van der Waals surface area contributed by atoms with Crippen LogP contribution in [0.5, 0.6) is 0 Å². The lowest BCUT2D eigenvalue weighted by molar-refractivity contribution is 0.0855. The summed E-state index contributed by atoms with van der Waals surface area (Å²) in [6, 6.07) is 9.11. The first-order valence-electron chi connectivity index (χ1n) is 5.33. The fraction of sp³-hybridized carbons (Fsp3) is 0.500. The molecule has 1 aliphatic rings. The first-order chi connectivity index (χ1) is 7.27. The topological polar surface area (TPSA) is 12.5 Å². The van der Waals surface area contributed by atoms with Crippen LogP contribution in [0, 0.1) is 0 Å². The van der Waals surface area contributed by atoms with Crippen molar-refractivity contribution in [3.63, 3.8) is 0 Å². The minimum absolute atomic E-state index is 0.625. The van der Waals surface area contributed by atoms with E-state index in [1.54, 1.807) is 0 Å². The van der Waals surface area contributed by atoms with Gasteiger partial charge in [-0.2, -0.15) is 0 Å². The highest BCUT2D eigenvalue weighted by atomic mass is 79.9. The van der Waals surface area contributed by atoms with E-state index < -0.39 is 0 Å². The molecule has 0 bridgehead atoms. The Hall–Kier alpha value is -0.540. The highest BCUT2D eigenvalue weighted by molar-refractivity contribution is 9.10. The van der Waals surface area contributed by atoms with Gasteiger partial charge in [0, 0.05) is 36.5 Å². The molecule has 2 nitrogen and oxygen atoms in total. The lowest BCUT2D eigenvalue weighted by Gasteiger charge is -2.32. The third kappa shape index (κ3) is 2.73. The Balaban J connectivity index is 2.05. The lowest BCUT2D eigenvalue weighted by atomic mass is 10.1. The van der Waals surface area contributed by atoms with Crippen molar-refractivity contribution in [3.8, 4) is 0 Å². The second-order valence-electron chi connectivity index (χ2n) is 3.93. The highest BCUT2D eigenvalue weighted by Crippen LogP contribution is 2.22. The van der Waals surface area contributed by atoms with Gasteiger partial charge in [-0.25, -0.2) is 0 Å². The van der Waals surface area contributed by atoms with Crippen LogP contribution >= 0.6 is 15.9 Å². The van der Waals surface area contributed by atoms with Gasteiger partial charge < -0.3 is 9.64 Å². The molecular formula is C12H16BrNO. The van der Waals surface area contributed by atoms with Crippen molar-refractivity contribution in [2.75, 3.05) is 25.2 Å². The Kier molecular flexibility index (Phi) is 3.65. The molecular weight excluding hydrogens is 254 g/mol. The summed E-state index contributed by atoms with van der Waals surface area (Å²) in [5, 5.41) is 0. The van der Waals surface area contributed by atoms with Crippen molar-refractivity contribution in [1.82, 2.24) is 0 Å². The highest BCUT2D eigenvalue weighted by Gasteiger charge is 2.18. The summed E-state index contributed by atoms with van der Waals surface area (Å²) >= 11 is 3.45. The Morgan fingerprint density at radius 3 is 2.40 bits per heavy atom. The van der Waals surface area contributed by atoms with Crippen LogP contribution < -0.4 is 4.90 Å². The van der Waals surface area contributed by atoms with Crippen molar-refractivity contribution in [1.29, 1.82) is 0 Å². The average molecular weight is 270 g/mol. The second-order valence-corrected chi connectivity index (χ2v) is 4.85. The van der Waals surface area contributed by atoms with Crippen molar-refractivity contribution < 1.29 is 4.74 Å². The predicted octanol–water partition coefficient (Wildman–Crippen LogP) is 3.06. The summed E-state index contributed by atoms with van der Waals surface area (Å²) in [5.74, 6) is 0. The van der Waals surface area contributed by atoms with Crippen LogP contribution in [0.25, 0.3) is 0 Å². The zero-order chi connectivity index (χ0) is 10.7. The molecule has 1 heterocycles. The van der Waals surface area contributed by atoms with Crippen LogP contribution in [0.2, 0.25) is 0 Å². The molecule has 0 N–H and O–H groups in total. The van der Waals surface area contributed by atoms with Crippen molar-refractivity contribution in [2.45, 2.75) is 18.9 Å². The minimum atomic E-state index is 0.625. The molecule has 1 aromatic rings. The minimum Gasteiger partial charge on any atom is -0.381 e. The van der Waals surface area contributed by atoms with Crippen molar-refractivity contribution in [3.05, 3.63) is 28.7 Å².